The van der Waals surface area contributed by atoms with Gasteiger partial charge in [0.05, 0.1) is 65.9 Å². The average Bonchev–Trinajstić information content (AvgIpc) is 0.826. The van der Waals surface area contributed by atoms with Crippen molar-refractivity contribution in [1.82, 2.24) is 21.3 Å². The molecule has 0 bridgehead atoms. The number of nitrogens with one attached hydrogen (secondary N) is 8. The van der Waals surface area contributed by atoms with E-state index >= 15 is 0 Å². The van der Waals surface area contributed by atoms with Crippen molar-refractivity contribution in [1.29, 1.82) is 0 Å². The van der Waals surface area contributed by atoms with Gasteiger partial charge in [0.1, 0.15) is 23.3 Å². The third kappa shape index (κ3) is 30.7. The number of hydrogen-bond donors (Lipinski definition) is 9. The molecule has 7 aromatic carbocycles. The van der Waals surface area contributed by atoms with Gasteiger partial charge in [0.25, 0.3) is 0 Å². The second kappa shape index (κ2) is 39.0. The molecule has 0 saturated heterocycles. The van der Waals surface area contributed by atoms with Crippen molar-refractivity contribution in [2.24, 2.45) is 5.73 Å². The van der Waals surface area contributed by atoms with Gasteiger partial charge in [-0.1, -0.05) is 186 Å². The number of hydrogen-bond acceptors (Lipinski definition) is 12. The predicted octanol–water partition coefficient (Wildman–Crippen LogP) is 16.6. The molecule has 0 aliphatic carbocycles. The minimum atomic E-state index is -3.65. The van der Waals surface area contributed by atoms with Crippen LogP contribution in [0.3, 0.4) is 0 Å². The fourth-order valence-electron chi connectivity index (χ4n) is 10.3. The number of benzene rings is 7. The van der Waals surface area contributed by atoms with Gasteiger partial charge in [0, 0.05) is 47.0 Å². The van der Waals surface area contributed by atoms with Crippen LogP contribution >= 0.6 is 0 Å². The van der Waals surface area contributed by atoms with Crippen molar-refractivity contribution in [3.8, 4) is 0 Å². The van der Waals surface area contributed by atoms with Gasteiger partial charge in [0.15, 0.2) is 0 Å². The second-order valence-corrected chi connectivity index (χ2v) is 36.3. The molecule has 10 N–H and O–H groups in total. The molecule has 0 fully saturated rings. The molecule has 0 aliphatic heterocycles. The van der Waals surface area contributed by atoms with Crippen LogP contribution < -0.4 is 45.9 Å². The highest BCUT2D eigenvalue weighted by molar-refractivity contribution is 7.92. The summed E-state index contributed by atoms with van der Waals surface area (Å²) >= 11 is 0. The standard InChI is InChI=1S/2C24H29FN2O3S.C23H30FN3O3S.C11H15FN2O2S/c2*1-7-18-14-19(15-21(25)23(18)27-31(6,29)30)16(2)26-22(28)13-10-17-8-11-20(12-9-17)24(3,4)5;1-7-17-12-18(13-20(24)21(17)27-31(6,29)30)15(2)26-22(28)25-14-16-8-10-19(11-9-16)23(3,4)5;1-4-8-5-9(7(2)13)6-10(12)11(8)14-17(3,15)16/h2*7-16,27H,1H2,2-6H3,(H,26,28);7-13,15,27H,1,14H2,2-6H3,(H2,25,26,28);4-7,14H,1,13H2,2-3H3/b2*13-10+;;/t2*16-;15-;7-/m1111/s1. The normalized spacial score (nSPS) is 13.0. The van der Waals surface area contributed by atoms with Gasteiger partial charge in [-0.3, -0.25) is 28.5 Å². The van der Waals surface area contributed by atoms with Crippen molar-refractivity contribution in [2.45, 2.75) is 137 Å². The van der Waals surface area contributed by atoms with E-state index in [1.807, 2.05) is 72.8 Å². The zero-order valence-corrected chi connectivity index (χ0v) is 68.5. The largest absolute Gasteiger partial charge is 0.346 e. The van der Waals surface area contributed by atoms with E-state index in [4.69, 9.17) is 5.73 Å². The molecule has 7 rings (SSSR count). The molecule has 0 saturated carbocycles. The molecule has 594 valence electrons. The number of nitrogens with two attached hydrogens (primary N) is 1. The maximum absolute atomic E-state index is 14.5. The number of halogens is 4. The minimum Gasteiger partial charge on any atom is -0.346 e. The van der Waals surface area contributed by atoms with Crippen molar-refractivity contribution >= 4 is 117 Å². The topological polar surface area (TPSA) is 310 Å². The van der Waals surface area contributed by atoms with Gasteiger partial charge in [-0.05, 0) is 160 Å². The Morgan fingerprint density at radius 3 is 0.891 bits per heavy atom. The Morgan fingerprint density at radius 2 is 0.645 bits per heavy atom. The van der Waals surface area contributed by atoms with Crippen LogP contribution in [0.1, 0.15) is 192 Å². The van der Waals surface area contributed by atoms with E-state index in [0.717, 1.165) is 41.7 Å². The number of amides is 4. The van der Waals surface area contributed by atoms with E-state index in [0.29, 0.717) is 34.4 Å². The summed E-state index contributed by atoms with van der Waals surface area (Å²) < 4.78 is 157. The predicted molar refractivity (Wildman–Crippen MR) is 443 cm³/mol. The Bertz CT molecular complexity index is 4860. The van der Waals surface area contributed by atoms with Crippen LogP contribution in [-0.2, 0) is 72.5 Å². The van der Waals surface area contributed by atoms with Crippen molar-refractivity contribution in [3.05, 3.63) is 261 Å². The van der Waals surface area contributed by atoms with Crippen LogP contribution in [0, 0.1) is 23.3 Å². The lowest BCUT2D eigenvalue weighted by molar-refractivity contribution is -0.117. The van der Waals surface area contributed by atoms with Gasteiger partial charge >= 0.3 is 6.03 Å². The van der Waals surface area contributed by atoms with E-state index in [2.05, 4.69) is 129 Å². The summed E-state index contributed by atoms with van der Waals surface area (Å²) in [7, 11) is -14.5. The zero-order chi connectivity index (χ0) is 83.4. The fourth-order valence-corrected chi connectivity index (χ4v) is 12.6. The van der Waals surface area contributed by atoms with E-state index in [9.17, 15) is 65.6 Å². The lowest BCUT2D eigenvalue weighted by Crippen LogP contribution is -2.36. The molecule has 0 aliphatic rings. The molecule has 0 aromatic heterocycles. The summed E-state index contributed by atoms with van der Waals surface area (Å²) in [6, 6.07) is 32.9. The number of sulfonamides is 4. The summed E-state index contributed by atoms with van der Waals surface area (Å²) in [5, 5.41) is 11.1. The summed E-state index contributed by atoms with van der Waals surface area (Å²) in [6.45, 7) is 40.8. The first-order chi connectivity index (χ1) is 50.6. The third-order valence-electron chi connectivity index (χ3n) is 16.4. The molecule has 0 radical (unpaired) electrons. The van der Waals surface area contributed by atoms with Gasteiger partial charge in [-0.25, -0.2) is 56.0 Å². The molecule has 0 unspecified atom stereocenters. The average molecular weight is 1600 g/mol. The van der Waals surface area contributed by atoms with Crippen molar-refractivity contribution in [3.63, 3.8) is 0 Å². The Labute approximate surface area is 647 Å². The first kappa shape index (κ1) is 92.3. The quantitative estimate of drug-likeness (QED) is 0.0191. The zero-order valence-electron chi connectivity index (χ0n) is 65.2. The van der Waals surface area contributed by atoms with Crippen LogP contribution in [-0.4, -0.2) is 76.5 Å². The van der Waals surface area contributed by atoms with Gasteiger partial charge < -0.3 is 27.0 Å². The Morgan fingerprint density at radius 1 is 0.400 bits per heavy atom. The highest BCUT2D eigenvalue weighted by Gasteiger charge is 2.23. The third-order valence-corrected chi connectivity index (χ3v) is 18.7. The van der Waals surface area contributed by atoms with Crippen LogP contribution in [0.5, 0.6) is 0 Å². The van der Waals surface area contributed by atoms with Gasteiger partial charge in [-0.15, -0.1) is 0 Å². The van der Waals surface area contributed by atoms with E-state index in [-0.39, 0.29) is 73.5 Å². The molecule has 0 spiro atoms. The van der Waals surface area contributed by atoms with Gasteiger partial charge in [-0.2, -0.15) is 0 Å². The molecule has 0 heterocycles. The highest BCUT2D eigenvalue weighted by Crippen LogP contribution is 2.33. The number of anilines is 4. The number of rotatable bonds is 25. The van der Waals surface area contributed by atoms with Crippen molar-refractivity contribution in [2.75, 3.05) is 43.9 Å². The Kier molecular flexibility index (Phi) is 32.7. The Hall–Kier alpha value is -10.1. The summed E-state index contributed by atoms with van der Waals surface area (Å²) in [6.07, 6.45) is 15.5. The lowest BCUT2D eigenvalue weighted by Gasteiger charge is -2.19. The molecule has 4 amide bonds. The fraction of sp³-hybridized carbons (Fsp3) is 0.305. The highest BCUT2D eigenvalue weighted by atomic mass is 32.2. The van der Waals surface area contributed by atoms with E-state index in [1.165, 1.54) is 77.4 Å². The minimum absolute atomic E-state index is 0.0565. The first-order valence-corrected chi connectivity index (χ1v) is 42.0. The van der Waals surface area contributed by atoms with E-state index < -0.39 is 87.5 Å². The molecule has 7 aromatic rings. The summed E-state index contributed by atoms with van der Waals surface area (Å²) in [5.74, 6) is -3.55. The first-order valence-electron chi connectivity index (χ1n) is 34.5. The Balaban J connectivity index is 0.000000316. The van der Waals surface area contributed by atoms with Crippen molar-refractivity contribution < 1.29 is 65.6 Å². The monoisotopic (exact) mass is 1590 g/mol. The molecule has 110 heavy (non-hydrogen) atoms. The molecular formula is C82H103F4N9O11S4. The molecule has 20 nitrogen and oxygen atoms in total. The van der Waals surface area contributed by atoms with E-state index in [1.54, 1.807) is 64.1 Å². The molecule has 4 atom stereocenters. The van der Waals surface area contributed by atoms with Crippen LogP contribution in [0.2, 0.25) is 0 Å². The molecular weight excluding hydrogens is 1490 g/mol. The SMILES string of the molecule is C=Cc1cc([C@@H](C)N)cc(F)c1NS(C)(=O)=O.C=Cc1cc([C@@H](C)NC(=O)/C=C/c2ccc(C(C)(C)C)cc2)cc(F)c1NS(C)(=O)=O.C=Cc1cc([C@@H](C)NC(=O)/C=C/c2ccc(C(C)(C)C)cc2)cc(F)c1NS(C)(=O)=O.C=Cc1cc([C@@H](C)NC(=O)NCc2ccc(C(C)(C)C)cc2)cc(F)c1NS(C)(=O)=O. The summed E-state index contributed by atoms with van der Waals surface area (Å²) in [4.78, 5) is 36.9. The molecule has 28 heteroatoms. The smallest absolute Gasteiger partial charge is 0.315 e. The lowest BCUT2D eigenvalue weighted by atomic mass is 9.87. The maximum atomic E-state index is 14.5. The van der Waals surface area contributed by atoms with Crippen LogP contribution in [0.25, 0.3) is 36.5 Å². The maximum Gasteiger partial charge on any atom is 0.315 e. The second-order valence-electron chi connectivity index (χ2n) is 29.3. The summed E-state index contributed by atoms with van der Waals surface area (Å²) in [5.41, 5.74) is 14.8. The van der Waals surface area contributed by atoms with Crippen LogP contribution in [0.4, 0.5) is 45.1 Å². The number of carbonyl (C=O) groups is 3. The number of carbonyl (C=O) groups excluding carboxylic acids is 3. The number of urea groups is 1. The van der Waals surface area contributed by atoms with Crippen LogP contribution in [0.15, 0.2) is 160 Å². The van der Waals surface area contributed by atoms with Gasteiger partial charge in [0.2, 0.25) is 51.9 Å².